The summed E-state index contributed by atoms with van der Waals surface area (Å²) in [4.78, 5) is 0. The third kappa shape index (κ3) is 2.22. The van der Waals surface area contributed by atoms with E-state index in [-0.39, 0.29) is 0 Å². The molecule has 0 aliphatic heterocycles. The molecule has 0 saturated heterocycles. The summed E-state index contributed by atoms with van der Waals surface area (Å²) in [5, 5.41) is 13.4. The van der Waals surface area contributed by atoms with Crippen LogP contribution in [0.1, 0.15) is 0 Å². The zero-order valence-corrected chi connectivity index (χ0v) is 19.2. The molecular formula is C26H14I2. The largest absolute Gasteiger partial charge is 0.0616 e. The lowest BCUT2D eigenvalue weighted by Gasteiger charge is -2.16. The monoisotopic (exact) mass is 580 g/mol. The van der Waals surface area contributed by atoms with Crippen LogP contribution in [0.2, 0.25) is 0 Å². The average molecular weight is 580 g/mol. The standard InChI is InChI=1S/C26H14I2/c27-25-22-12-6-4-10-18(22)21-14-13-20-17-9-2-1-7-15(17)16-8-3-5-11-19(16)23(20)24(21)26(25)28/h1-14H. The summed E-state index contributed by atoms with van der Waals surface area (Å²) in [7, 11) is 0. The molecule has 0 heterocycles. The summed E-state index contributed by atoms with van der Waals surface area (Å²) in [6.45, 7) is 0. The molecule has 0 aliphatic rings. The molecule has 0 amide bonds. The van der Waals surface area contributed by atoms with Crippen molar-refractivity contribution in [2.24, 2.45) is 0 Å². The fraction of sp³-hybridized carbons (Fsp3) is 0. The lowest BCUT2D eigenvalue weighted by Crippen LogP contribution is -1.91. The van der Waals surface area contributed by atoms with Crippen molar-refractivity contribution in [2.75, 3.05) is 0 Å². The van der Waals surface area contributed by atoms with Crippen LogP contribution in [-0.4, -0.2) is 0 Å². The molecule has 0 bridgehead atoms. The normalized spacial score (nSPS) is 11.9. The van der Waals surface area contributed by atoms with Crippen LogP contribution < -0.4 is 0 Å². The molecule has 28 heavy (non-hydrogen) atoms. The Morgan fingerprint density at radius 3 is 1.25 bits per heavy atom. The Morgan fingerprint density at radius 2 is 0.679 bits per heavy atom. The molecule has 2 heteroatoms. The Morgan fingerprint density at radius 1 is 0.321 bits per heavy atom. The highest BCUT2D eigenvalue weighted by Gasteiger charge is 2.16. The van der Waals surface area contributed by atoms with Crippen LogP contribution in [0.3, 0.4) is 0 Å². The van der Waals surface area contributed by atoms with E-state index < -0.39 is 0 Å². The van der Waals surface area contributed by atoms with Crippen LogP contribution in [0.25, 0.3) is 53.9 Å². The van der Waals surface area contributed by atoms with Crippen molar-refractivity contribution in [3.8, 4) is 0 Å². The minimum absolute atomic E-state index is 1.33. The Bertz CT molecular complexity index is 1540. The van der Waals surface area contributed by atoms with Gasteiger partial charge in [0.05, 0.1) is 0 Å². The van der Waals surface area contributed by atoms with Gasteiger partial charge in [-0.25, -0.2) is 0 Å². The van der Waals surface area contributed by atoms with Gasteiger partial charge in [0.1, 0.15) is 0 Å². The van der Waals surface area contributed by atoms with Gasteiger partial charge in [0.15, 0.2) is 0 Å². The van der Waals surface area contributed by atoms with Crippen LogP contribution in [0.5, 0.6) is 0 Å². The maximum atomic E-state index is 2.55. The zero-order chi connectivity index (χ0) is 18.8. The molecular weight excluding hydrogens is 566 g/mol. The van der Waals surface area contributed by atoms with Crippen LogP contribution in [0, 0.1) is 7.14 Å². The van der Waals surface area contributed by atoms with Crippen LogP contribution in [0.4, 0.5) is 0 Å². The maximum absolute atomic E-state index is 2.55. The molecule has 6 aromatic carbocycles. The fourth-order valence-corrected chi connectivity index (χ4v) is 6.18. The first-order valence-corrected chi connectivity index (χ1v) is 11.4. The third-order valence-corrected chi connectivity index (χ3v) is 9.01. The van der Waals surface area contributed by atoms with E-state index in [1.54, 1.807) is 0 Å². The minimum Gasteiger partial charge on any atom is -0.0616 e. The molecule has 132 valence electrons. The van der Waals surface area contributed by atoms with Gasteiger partial charge in [-0.05, 0) is 93.7 Å². The van der Waals surface area contributed by atoms with E-state index in [0.717, 1.165) is 0 Å². The molecule has 0 aliphatic carbocycles. The zero-order valence-electron chi connectivity index (χ0n) is 14.8. The van der Waals surface area contributed by atoms with Gasteiger partial charge in [-0.15, -0.1) is 0 Å². The van der Waals surface area contributed by atoms with Gasteiger partial charge >= 0.3 is 0 Å². The van der Waals surface area contributed by atoms with Crippen molar-refractivity contribution in [1.82, 2.24) is 0 Å². The number of fused-ring (bicyclic) bond motifs is 10. The molecule has 0 nitrogen and oxygen atoms in total. The van der Waals surface area contributed by atoms with Gasteiger partial charge in [-0.3, -0.25) is 0 Å². The predicted molar refractivity (Wildman–Crippen MR) is 139 cm³/mol. The van der Waals surface area contributed by atoms with Crippen molar-refractivity contribution in [1.29, 1.82) is 0 Å². The third-order valence-electron chi connectivity index (χ3n) is 5.78. The molecule has 0 radical (unpaired) electrons. The van der Waals surface area contributed by atoms with Gasteiger partial charge in [-0.2, -0.15) is 0 Å². The summed E-state index contributed by atoms with van der Waals surface area (Å²) < 4.78 is 2.68. The molecule has 0 N–H and O–H groups in total. The average Bonchev–Trinajstić information content (AvgIpc) is 2.77. The highest BCUT2D eigenvalue weighted by molar-refractivity contribution is 14.1. The predicted octanol–water partition coefficient (Wildman–Crippen LogP) is 8.66. The van der Waals surface area contributed by atoms with E-state index in [9.17, 15) is 0 Å². The highest BCUT2D eigenvalue weighted by atomic mass is 127. The van der Waals surface area contributed by atoms with Crippen molar-refractivity contribution < 1.29 is 0 Å². The van der Waals surface area contributed by atoms with Crippen molar-refractivity contribution in [3.63, 3.8) is 0 Å². The lowest BCUT2D eigenvalue weighted by atomic mass is 9.90. The number of benzene rings is 6. The topological polar surface area (TPSA) is 0 Å². The maximum Gasteiger partial charge on any atom is 0.0355 e. The summed E-state index contributed by atoms with van der Waals surface area (Å²) in [6.07, 6.45) is 0. The van der Waals surface area contributed by atoms with Crippen LogP contribution >= 0.6 is 45.2 Å². The number of hydrogen-bond acceptors (Lipinski definition) is 0. The molecule has 0 fully saturated rings. The van der Waals surface area contributed by atoms with E-state index in [1.165, 1.54) is 61.0 Å². The second-order valence-electron chi connectivity index (χ2n) is 7.18. The molecule has 0 saturated carbocycles. The van der Waals surface area contributed by atoms with E-state index in [0.29, 0.717) is 0 Å². The molecule has 0 aromatic heterocycles. The first-order chi connectivity index (χ1) is 13.8. The highest BCUT2D eigenvalue weighted by Crippen LogP contribution is 2.43. The molecule has 0 unspecified atom stereocenters. The molecule has 0 spiro atoms. The number of halogens is 2. The van der Waals surface area contributed by atoms with Gasteiger partial charge in [-0.1, -0.05) is 84.9 Å². The SMILES string of the molecule is Ic1c(I)c2c(ccc3c4ccccc4c4ccccc4c32)c2ccccc12. The Labute approximate surface area is 189 Å². The van der Waals surface area contributed by atoms with Crippen LogP contribution in [0.15, 0.2) is 84.9 Å². The molecule has 0 atom stereocenters. The van der Waals surface area contributed by atoms with Gasteiger partial charge < -0.3 is 0 Å². The quantitative estimate of drug-likeness (QED) is 0.125. The smallest absolute Gasteiger partial charge is 0.0355 e. The first kappa shape index (κ1) is 17.0. The van der Waals surface area contributed by atoms with Crippen molar-refractivity contribution in [3.05, 3.63) is 92.1 Å². The van der Waals surface area contributed by atoms with E-state index in [1.807, 2.05) is 0 Å². The van der Waals surface area contributed by atoms with Gasteiger partial charge in [0.2, 0.25) is 0 Å². The lowest BCUT2D eigenvalue weighted by molar-refractivity contribution is 1.71. The van der Waals surface area contributed by atoms with E-state index >= 15 is 0 Å². The second kappa shape index (κ2) is 6.29. The summed E-state index contributed by atoms with van der Waals surface area (Å²) in [5.41, 5.74) is 0. The number of hydrogen-bond donors (Lipinski definition) is 0. The van der Waals surface area contributed by atoms with E-state index in [2.05, 4.69) is 130 Å². The minimum atomic E-state index is 1.33. The summed E-state index contributed by atoms with van der Waals surface area (Å²) in [5.74, 6) is 0. The first-order valence-electron chi connectivity index (χ1n) is 9.27. The second-order valence-corrected chi connectivity index (χ2v) is 9.33. The van der Waals surface area contributed by atoms with E-state index in [4.69, 9.17) is 0 Å². The van der Waals surface area contributed by atoms with Crippen molar-refractivity contribution in [2.45, 2.75) is 0 Å². The Hall–Kier alpha value is -1.92. The molecule has 6 aromatic rings. The van der Waals surface area contributed by atoms with Gasteiger partial charge in [0.25, 0.3) is 0 Å². The summed E-state index contributed by atoms with van der Waals surface area (Å²) in [6, 6.07) is 31.1. The molecule has 6 rings (SSSR count). The van der Waals surface area contributed by atoms with Crippen LogP contribution in [-0.2, 0) is 0 Å². The Kier molecular flexibility index (Phi) is 3.82. The Balaban J connectivity index is 2.04. The summed E-state index contributed by atoms with van der Waals surface area (Å²) >= 11 is 5.07. The fourth-order valence-electron chi connectivity index (χ4n) is 4.59. The number of rotatable bonds is 0. The van der Waals surface area contributed by atoms with Gasteiger partial charge in [0, 0.05) is 12.5 Å². The van der Waals surface area contributed by atoms with Crippen molar-refractivity contribution >= 4 is 99.0 Å².